The number of anilines is 1. The molecule has 1 aliphatic heterocycles. The lowest BCUT2D eigenvalue weighted by Crippen LogP contribution is -2.31. The Morgan fingerprint density at radius 3 is 2.61 bits per heavy atom. The number of benzene rings is 1. The average Bonchev–Trinajstić information content (AvgIpc) is 3.10. The number of nitrogens with two attached hydrogens (primary N) is 1. The van der Waals surface area contributed by atoms with Crippen LogP contribution in [0, 0.1) is 0 Å². The fraction of sp³-hybridized carbons (Fsp3) is 0.211. The standard InChI is InChI=1S/C19H15F3N4O2/c20-19(21,22)13-3-1-11(2-4-13)17-14-10-26(8-6-15(14)28-25-17)16-9-12(18(23)27)5-7-24-16/h1-5,7,9H,6,8,10H2,(H2,23,27). The van der Waals surface area contributed by atoms with Gasteiger partial charge in [-0.05, 0) is 24.3 Å². The van der Waals surface area contributed by atoms with Gasteiger partial charge in [0.2, 0.25) is 5.91 Å². The van der Waals surface area contributed by atoms with Gasteiger partial charge in [0.15, 0.2) is 0 Å². The van der Waals surface area contributed by atoms with Gasteiger partial charge in [-0.1, -0.05) is 17.3 Å². The summed E-state index contributed by atoms with van der Waals surface area (Å²) >= 11 is 0. The lowest BCUT2D eigenvalue weighted by molar-refractivity contribution is -0.137. The van der Waals surface area contributed by atoms with Crippen LogP contribution in [-0.2, 0) is 19.1 Å². The van der Waals surface area contributed by atoms with Crippen LogP contribution in [0.3, 0.4) is 0 Å². The first kappa shape index (κ1) is 18.0. The molecule has 1 aromatic carbocycles. The molecule has 3 aromatic rings. The van der Waals surface area contributed by atoms with E-state index in [-0.39, 0.29) is 0 Å². The van der Waals surface area contributed by atoms with Crippen molar-refractivity contribution in [3.8, 4) is 11.3 Å². The number of alkyl halides is 3. The molecule has 0 saturated carbocycles. The Bertz CT molecular complexity index is 1030. The molecule has 2 aromatic heterocycles. The molecule has 0 radical (unpaired) electrons. The van der Waals surface area contributed by atoms with Gasteiger partial charge in [0.1, 0.15) is 17.3 Å². The van der Waals surface area contributed by atoms with Crippen molar-refractivity contribution in [2.24, 2.45) is 5.73 Å². The summed E-state index contributed by atoms with van der Waals surface area (Å²) in [5.74, 6) is 0.732. The van der Waals surface area contributed by atoms with Crippen LogP contribution in [0.4, 0.5) is 19.0 Å². The molecule has 1 aliphatic rings. The number of carbonyl (C=O) groups is 1. The summed E-state index contributed by atoms with van der Waals surface area (Å²) in [5.41, 5.74) is 6.79. The SMILES string of the molecule is NC(=O)c1ccnc(N2CCc3onc(-c4ccc(C(F)(F)F)cc4)c3C2)c1. The first-order valence-electron chi connectivity index (χ1n) is 8.49. The number of aromatic nitrogens is 2. The van der Waals surface area contributed by atoms with Gasteiger partial charge in [0.25, 0.3) is 0 Å². The molecule has 9 heteroatoms. The number of rotatable bonds is 3. The van der Waals surface area contributed by atoms with Crippen molar-refractivity contribution < 1.29 is 22.5 Å². The predicted octanol–water partition coefficient (Wildman–Crippen LogP) is 3.42. The first-order valence-corrected chi connectivity index (χ1v) is 8.49. The highest BCUT2D eigenvalue weighted by atomic mass is 19.4. The molecule has 6 nitrogen and oxygen atoms in total. The molecule has 0 unspecified atom stereocenters. The lowest BCUT2D eigenvalue weighted by Gasteiger charge is -2.27. The Labute approximate surface area is 157 Å². The smallest absolute Gasteiger partial charge is 0.366 e. The Morgan fingerprint density at radius 1 is 1.18 bits per heavy atom. The second-order valence-electron chi connectivity index (χ2n) is 6.45. The van der Waals surface area contributed by atoms with Crippen LogP contribution in [0.25, 0.3) is 11.3 Å². The van der Waals surface area contributed by atoms with E-state index in [9.17, 15) is 18.0 Å². The number of carbonyl (C=O) groups excluding carboxylic acids is 1. The third-order valence-corrected chi connectivity index (χ3v) is 4.67. The fourth-order valence-corrected chi connectivity index (χ4v) is 3.19. The Morgan fingerprint density at radius 2 is 1.93 bits per heavy atom. The van der Waals surface area contributed by atoms with E-state index in [1.807, 2.05) is 4.90 Å². The molecule has 0 bridgehead atoms. The molecule has 0 spiro atoms. The summed E-state index contributed by atoms with van der Waals surface area (Å²) in [4.78, 5) is 17.6. The van der Waals surface area contributed by atoms with Gasteiger partial charge < -0.3 is 15.2 Å². The van der Waals surface area contributed by atoms with Crippen molar-refractivity contribution in [2.45, 2.75) is 19.1 Å². The van der Waals surface area contributed by atoms with E-state index >= 15 is 0 Å². The second kappa shape index (κ2) is 6.66. The van der Waals surface area contributed by atoms with Gasteiger partial charge in [-0.15, -0.1) is 0 Å². The van der Waals surface area contributed by atoms with E-state index in [4.69, 9.17) is 10.3 Å². The summed E-state index contributed by atoms with van der Waals surface area (Å²) in [6, 6.07) is 7.95. The van der Waals surface area contributed by atoms with E-state index < -0.39 is 17.6 Å². The number of halogens is 3. The minimum absolute atomic E-state index is 0.351. The zero-order valence-corrected chi connectivity index (χ0v) is 14.5. The summed E-state index contributed by atoms with van der Waals surface area (Å²) in [6.45, 7) is 1.01. The van der Waals surface area contributed by atoms with Crippen molar-refractivity contribution in [1.29, 1.82) is 0 Å². The van der Waals surface area contributed by atoms with E-state index in [0.717, 1.165) is 17.7 Å². The van der Waals surface area contributed by atoms with Crippen LogP contribution in [0.1, 0.15) is 27.2 Å². The van der Waals surface area contributed by atoms with E-state index in [1.165, 1.54) is 24.4 Å². The van der Waals surface area contributed by atoms with E-state index in [1.54, 1.807) is 6.07 Å². The van der Waals surface area contributed by atoms with Crippen LogP contribution in [0.2, 0.25) is 0 Å². The van der Waals surface area contributed by atoms with Gasteiger partial charge >= 0.3 is 6.18 Å². The zero-order valence-electron chi connectivity index (χ0n) is 14.5. The second-order valence-corrected chi connectivity index (χ2v) is 6.45. The maximum Gasteiger partial charge on any atom is 0.416 e. The molecular weight excluding hydrogens is 373 g/mol. The fourth-order valence-electron chi connectivity index (χ4n) is 3.19. The Balaban J connectivity index is 1.64. The zero-order chi connectivity index (χ0) is 19.9. The van der Waals surface area contributed by atoms with Crippen molar-refractivity contribution in [3.05, 3.63) is 65.0 Å². The average molecular weight is 388 g/mol. The number of nitrogens with zero attached hydrogens (tertiary/aromatic N) is 3. The largest absolute Gasteiger partial charge is 0.416 e. The van der Waals surface area contributed by atoms with Gasteiger partial charge in [-0.25, -0.2) is 4.98 Å². The first-order chi connectivity index (χ1) is 13.3. The minimum Gasteiger partial charge on any atom is -0.366 e. The molecule has 144 valence electrons. The predicted molar refractivity (Wildman–Crippen MR) is 94.4 cm³/mol. The quantitative estimate of drug-likeness (QED) is 0.743. The van der Waals surface area contributed by atoms with Gasteiger partial charge in [-0.3, -0.25) is 4.79 Å². The van der Waals surface area contributed by atoms with Gasteiger partial charge in [-0.2, -0.15) is 13.2 Å². The van der Waals surface area contributed by atoms with Crippen LogP contribution in [0.5, 0.6) is 0 Å². The van der Waals surface area contributed by atoms with Crippen LogP contribution >= 0.6 is 0 Å². The molecule has 0 atom stereocenters. The molecule has 4 rings (SSSR count). The number of pyridine rings is 1. The number of fused-ring (bicyclic) bond motifs is 1. The normalized spacial score (nSPS) is 14.0. The maximum atomic E-state index is 12.8. The van der Waals surface area contributed by atoms with Crippen molar-refractivity contribution in [2.75, 3.05) is 11.4 Å². The molecular formula is C19H15F3N4O2. The van der Waals surface area contributed by atoms with Crippen molar-refractivity contribution in [3.63, 3.8) is 0 Å². The third-order valence-electron chi connectivity index (χ3n) is 4.67. The Kier molecular flexibility index (Phi) is 4.29. The third kappa shape index (κ3) is 3.30. The molecule has 0 saturated heterocycles. The molecule has 0 aliphatic carbocycles. The summed E-state index contributed by atoms with van der Waals surface area (Å²) < 4.78 is 43.7. The van der Waals surface area contributed by atoms with E-state index in [0.29, 0.717) is 47.9 Å². The highest BCUT2D eigenvalue weighted by molar-refractivity contribution is 5.93. The minimum atomic E-state index is -4.39. The van der Waals surface area contributed by atoms with Crippen molar-refractivity contribution >= 4 is 11.7 Å². The molecule has 3 heterocycles. The van der Waals surface area contributed by atoms with Crippen LogP contribution < -0.4 is 10.6 Å². The van der Waals surface area contributed by atoms with Crippen LogP contribution in [0.15, 0.2) is 47.1 Å². The molecule has 28 heavy (non-hydrogen) atoms. The highest BCUT2D eigenvalue weighted by Crippen LogP contribution is 2.34. The number of primary amides is 1. The highest BCUT2D eigenvalue weighted by Gasteiger charge is 2.31. The maximum absolute atomic E-state index is 12.8. The summed E-state index contributed by atoms with van der Waals surface area (Å²) in [5, 5.41) is 4.06. The molecule has 0 fully saturated rings. The topological polar surface area (TPSA) is 85.3 Å². The number of hydrogen-bond donors (Lipinski definition) is 1. The van der Waals surface area contributed by atoms with Gasteiger partial charge in [0.05, 0.1) is 12.1 Å². The molecule has 1 amide bonds. The molecule has 2 N–H and O–H groups in total. The summed E-state index contributed by atoms with van der Waals surface area (Å²) in [6.07, 6.45) is -2.32. The van der Waals surface area contributed by atoms with Gasteiger partial charge in [0, 0.05) is 35.9 Å². The number of amides is 1. The van der Waals surface area contributed by atoms with Crippen molar-refractivity contribution in [1.82, 2.24) is 10.1 Å². The summed E-state index contributed by atoms with van der Waals surface area (Å²) in [7, 11) is 0. The van der Waals surface area contributed by atoms with E-state index in [2.05, 4.69) is 10.1 Å². The lowest BCUT2D eigenvalue weighted by atomic mass is 10.0. The Hall–Kier alpha value is -3.36. The van der Waals surface area contributed by atoms with Crippen LogP contribution in [-0.4, -0.2) is 22.6 Å². The monoisotopic (exact) mass is 388 g/mol. The number of hydrogen-bond acceptors (Lipinski definition) is 5.